The predicted molar refractivity (Wildman–Crippen MR) is 80.3 cm³/mol. The van der Waals surface area contributed by atoms with Crippen molar-refractivity contribution in [3.8, 4) is 0 Å². The van der Waals surface area contributed by atoms with E-state index in [1.165, 1.54) is 43.5 Å². The Morgan fingerprint density at radius 2 is 2.00 bits per heavy atom. The second-order valence-electron chi connectivity index (χ2n) is 5.89. The molecule has 0 spiro atoms. The second-order valence-corrected chi connectivity index (χ2v) is 5.89. The molecule has 2 rings (SSSR count). The Morgan fingerprint density at radius 1 is 1.26 bits per heavy atom. The summed E-state index contributed by atoms with van der Waals surface area (Å²) in [7, 11) is 0. The monoisotopic (exact) mass is 261 g/mol. The Hall–Kier alpha value is -0.930. The lowest BCUT2D eigenvalue weighted by Crippen LogP contribution is -2.41. The largest absolute Gasteiger partial charge is 0.309 e. The van der Waals surface area contributed by atoms with Crippen molar-refractivity contribution >= 4 is 0 Å². The van der Waals surface area contributed by atoms with E-state index >= 15 is 0 Å². The molecule has 19 heavy (non-hydrogen) atoms. The molecule has 2 heterocycles. The molecule has 3 heteroatoms. The molecule has 1 aliphatic rings. The van der Waals surface area contributed by atoms with Gasteiger partial charge in [-0.15, -0.1) is 0 Å². The molecule has 0 aliphatic carbocycles. The zero-order valence-corrected chi connectivity index (χ0v) is 12.6. The summed E-state index contributed by atoms with van der Waals surface area (Å²) in [5.41, 5.74) is 3.70. The van der Waals surface area contributed by atoms with Gasteiger partial charge in [0.2, 0.25) is 0 Å². The van der Waals surface area contributed by atoms with Crippen molar-refractivity contribution in [3.63, 3.8) is 0 Å². The lowest BCUT2D eigenvalue weighted by Gasteiger charge is -2.29. The summed E-state index contributed by atoms with van der Waals surface area (Å²) in [6.45, 7) is 11.1. The van der Waals surface area contributed by atoms with Gasteiger partial charge in [0.25, 0.3) is 0 Å². The van der Waals surface area contributed by atoms with Crippen LogP contribution in [-0.4, -0.2) is 35.6 Å². The molecule has 1 saturated heterocycles. The van der Waals surface area contributed by atoms with Gasteiger partial charge >= 0.3 is 0 Å². The Bertz CT molecular complexity index is 397. The average molecular weight is 261 g/mol. The quantitative estimate of drug-likeness (QED) is 0.883. The van der Waals surface area contributed by atoms with Gasteiger partial charge in [-0.2, -0.15) is 0 Å². The van der Waals surface area contributed by atoms with Gasteiger partial charge in [0.1, 0.15) is 0 Å². The van der Waals surface area contributed by atoms with Crippen molar-refractivity contribution in [1.29, 1.82) is 0 Å². The highest BCUT2D eigenvalue weighted by Crippen LogP contribution is 2.09. The number of hydrogen-bond donors (Lipinski definition) is 1. The summed E-state index contributed by atoms with van der Waals surface area (Å²) in [4.78, 5) is 7.01. The number of nitrogens with one attached hydrogen (secondary N) is 1. The fraction of sp³-hybridized carbons (Fsp3) is 0.688. The SMILES string of the molecule is Cc1cc(CNC(C)CN2CCCCC2)cnc1C. The molecular weight excluding hydrogens is 234 g/mol. The molecule has 0 radical (unpaired) electrons. The highest BCUT2D eigenvalue weighted by Gasteiger charge is 2.12. The Labute approximate surface area is 117 Å². The van der Waals surface area contributed by atoms with E-state index in [1.807, 2.05) is 6.20 Å². The van der Waals surface area contributed by atoms with Crippen LogP contribution >= 0.6 is 0 Å². The number of likely N-dealkylation sites (tertiary alicyclic amines) is 1. The first kappa shape index (κ1) is 14.5. The van der Waals surface area contributed by atoms with Crippen LogP contribution in [0.25, 0.3) is 0 Å². The van der Waals surface area contributed by atoms with Crippen molar-refractivity contribution in [2.24, 2.45) is 0 Å². The number of hydrogen-bond acceptors (Lipinski definition) is 3. The third-order valence-corrected chi connectivity index (χ3v) is 4.03. The minimum absolute atomic E-state index is 0.541. The lowest BCUT2D eigenvalue weighted by atomic mass is 10.1. The van der Waals surface area contributed by atoms with Gasteiger partial charge in [-0.05, 0) is 57.8 Å². The molecule has 106 valence electrons. The van der Waals surface area contributed by atoms with Crippen LogP contribution in [0.15, 0.2) is 12.3 Å². The summed E-state index contributed by atoms with van der Waals surface area (Å²) in [6.07, 6.45) is 6.14. The van der Waals surface area contributed by atoms with E-state index in [0.717, 1.165) is 18.8 Å². The summed E-state index contributed by atoms with van der Waals surface area (Å²) < 4.78 is 0. The summed E-state index contributed by atoms with van der Waals surface area (Å²) in [6, 6.07) is 2.78. The highest BCUT2D eigenvalue weighted by molar-refractivity contribution is 5.22. The molecular formula is C16H27N3. The molecule has 1 aromatic rings. The fourth-order valence-electron chi connectivity index (χ4n) is 2.68. The molecule has 0 aromatic carbocycles. The number of piperidine rings is 1. The van der Waals surface area contributed by atoms with E-state index < -0.39 is 0 Å². The standard InChI is InChI=1S/C16H27N3/c1-13-9-16(11-18-15(13)3)10-17-14(2)12-19-7-5-4-6-8-19/h9,11,14,17H,4-8,10,12H2,1-3H3. The summed E-state index contributed by atoms with van der Waals surface area (Å²) in [5.74, 6) is 0. The Kier molecular flexibility index (Phi) is 5.34. The maximum Gasteiger partial charge on any atom is 0.0402 e. The zero-order chi connectivity index (χ0) is 13.7. The topological polar surface area (TPSA) is 28.2 Å². The molecule has 0 bridgehead atoms. The van der Waals surface area contributed by atoms with Crippen molar-refractivity contribution < 1.29 is 0 Å². The van der Waals surface area contributed by atoms with E-state index in [2.05, 4.69) is 42.0 Å². The Morgan fingerprint density at radius 3 is 2.68 bits per heavy atom. The van der Waals surface area contributed by atoms with E-state index in [4.69, 9.17) is 0 Å². The number of aromatic nitrogens is 1. The molecule has 0 saturated carbocycles. The minimum atomic E-state index is 0.541. The Balaban J connectivity index is 1.75. The normalized spacial score (nSPS) is 18.5. The van der Waals surface area contributed by atoms with Gasteiger partial charge in [-0.25, -0.2) is 0 Å². The van der Waals surface area contributed by atoms with Crippen LogP contribution in [-0.2, 0) is 6.54 Å². The van der Waals surface area contributed by atoms with Gasteiger partial charge in [0.15, 0.2) is 0 Å². The zero-order valence-electron chi connectivity index (χ0n) is 12.6. The van der Waals surface area contributed by atoms with Crippen molar-refractivity contribution in [2.45, 2.75) is 52.6 Å². The maximum atomic E-state index is 4.42. The molecule has 1 fully saturated rings. The van der Waals surface area contributed by atoms with E-state index in [-0.39, 0.29) is 0 Å². The third-order valence-electron chi connectivity index (χ3n) is 4.03. The highest BCUT2D eigenvalue weighted by atomic mass is 15.1. The number of nitrogens with zero attached hydrogens (tertiary/aromatic N) is 2. The van der Waals surface area contributed by atoms with Gasteiger partial charge in [-0.1, -0.05) is 12.5 Å². The first-order chi connectivity index (χ1) is 9.15. The molecule has 3 nitrogen and oxygen atoms in total. The molecule has 1 atom stereocenters. The summed E-state index contributed by atoms with van der Waals surface area (Å²) >= 11 is 0. The lowest BCUT2D eigenvalue weighted by molar-refractivity contribution is 0.209. The van der Waals surface area contributed by atoms with Crippen molar-refractivity contribution in [3.05, 3.63) is 29.1 Å². The van der Waals surface area contributed by atoms with E-state index in [9.17, 15) is 0 Å². The minimum Gasteiger partial charge on any atom is -0.309 e. The number of aryl methyl sites for hydroxylation is 2. The van der Waals surface area contributed by atoms with Crippen LogP contribution in [0.5, 0.6) is 0 Å². The van der Waals surface area contributed by atoms with Gasteiger partial charge in [-0.3, -0.25) is 4.98 Å². The average Bonchev–Trinajstić information content (AvgIpc) is 2.41. The van der Waals surface area contributed by atoms with Crippen molar-refractivity contribution in [1.82, 2.24) is 15.2 Å². The van der Waals surface area contributed by atoms with E-state index in [0.29, 0.717) is 6.04 Å². The van der Waals surface area contributed by atoms with Crippen LogP contribution in [0.3, 0.4) is 0 Å². The van der Waals surface area contributed by atoms with Crippen molar-refractivity contribution in [2.75, 3.05) is 19.6 Å². The predicted octanol–water partition coefficient (Wildman–Crippen LogP) is 2.66. The second kappa shape index (κ2) is 7.01. The third kappa shape index (κ3) is 4.59. The van der Waals surface area contributed by atoms with Crippen LogP contribution in [0, 0.1) is 13.8 Å². The van der Waals surface area contributed by atoms with E-state index in [1.54, 1.807) is 0 Å². The van der Waals surface area contributed by atoms with Crippen LogP contribution in [0.2, 0.25) is 0 Å². The molecule has 1 aromatic heterocycles. The maximum absolute atomic E-state index is 4.42. The van der Waals surface area contributed by atoms with Gasteiger partial charge in [0.05, 0.1) is 0 Å². The first-order valence-electron chi connectivity index (χ1n) is 7.53. The summed E-state index contributed by atoms with van der Waals surface area (Å²) in [5, 5.41) is 3.61. The van der Waals surface area contributed by atoms with Crippen LogP contribution in [0.1, 0.15) is 43.0 Å². The van der Waals surface area contributed by atoms with Crippen LogP contribution in [0.4, 0.5) is 0 Å². The fourth-order valence-corrected chi connectivity index (χ4v) is 2.68. The molecule has 1 aliphatic heterocycles. The molecule has 0 amide bonds. The van der Waals surface area contributed by atoms with Crippen LogP contribution < -0.4 is 5.32 Å². The van der Waals surface area contributed by atoms with Gasteiger partial charge < -0.3 is 10.2 Å². The number of pyridine rings is 1. The van der Waals surface area contributed by atoms with Gasteiger partial charge in [0, 0.05) is 31.0 Å². The smallest absolute Gasteiger partial charge is 0.0402 e. The first-order valence-corrected chi connectivity index (χ1v) is 7.53. The number of rotatable bonds is 5. The molecule has 1 N–H and O–H groups in total. The molecule has 1 unspecified atom stereocenters.